The molecule has 1 fully saturated rings. The Morgan fingerprint density at radius 3 is 3.00 bits per heavy atom. The van der Waals surface area contributed by atoms with Crippen LogP contribution in [0.1, 0.15) is 13.3 Å². The summed E-state index contributed by atoms with van der Waals surface area (Å²) in [5, 5.41) is 3.08. The van der Waals surface area contributed by atoms with E-state index < -0.39 is 0 Å². The topological polar surface area (TPSA) is 50.8 Å². The van der Waals surface area contributed by atoms with Crippen molar-refractivity contribution < 1.29 is 14.3 Å². The number of methoxy groups -OCH3 is 1. The van der Waals surface area contributed by atoms with Crippen LogP contribution in [0.25, 0.3) is 0 Å². The molecule has 1 atom stereocenters. The molecule has 0 bridgehead atoms. The van der Waals surface area contributed by atoms with Crippen molar-refractivity contribution in [3.05, 3.63) is 0 Å². The number of carbonyl (C=O) groups is 1. The molecule has 1 saturated heterocycles. The maximum atomic E-state index is 11.9. The van der Waals surface area contributed by atoms with Crippen molar-refractivity contribution in [2.75, 3.05) is 53.1 Å². The monoisotopic (exact) mass is 244 g/mol. The lowest BCUT2D eigenvalue weighted by molar-refractivity contribution is -0.130. The highest BCUT2D eigenvalue weighted by molar-refractivity contribution is 5.78. The quantitative estimate of drug-likeness (QED) is 0.616. The standard InChI is InChI=1S/C12H24N2O3/c1-3-14(9-11-4-6-17-10-11)12(15)8-13-5-7-16-2/h11,13H,3-10H2,1-2H3. The van der Waals surface area contributed by atoms with Crippen LogP contribution in [0.15, 0.2) is 0 Å². The second-order valence-corrected chi connectivity index (χ2v) is 4.33. The molecule has 1 aliphatic heterocycles. The number of rotatable bonds is 8. The van der Waals surface area contributed by atoms with Crippen LogP contribution in [0, 0.1) is 5.92 Å². The zero-order chi connectivity index (χ0) is 12.5. The zero-order valence-corrected chi connectivity index (χ0v) is 10.9. The van der Waals surface area contributed by atoms with Crippen molar-refractivity contribution >= 4 is 5.91 Å². The molecule has 5 heteroatoms. The van der Waals surface area contributed by atoms with Gasteiger partial charge in [-0.2, -0.15) is 0 Å². The summed E-state index contributed by atoms with van der Waals surface area (Å²) in [6, 6.07) is 0. The van der Waals surface area contributed by atoms with E-state index >= 15 is 0 Å². The van der Waals surface area contributed by atoms with Gasteiger partial charge in [0.2, 0.25) is 5.91 Å². The number of amides is 1. The summed E-state index contributed by atoms with van der Waals surface area (Å²) in [5.41, 5.74) is 0. The number of nitrogens with one attached hydrogen (secondary N) is 1. The smallest absolute Gasteiger partial charge is 0.236 e. The lowest BCUT2D eigenvalue weighted by Crippen LogP contribution is -2.41. The Balaban J connectivity index is 2.20. The molecule has 0 aromatic rings. The van der Waals surface area contributed by atoms with E-state index in [0.717, 1.165) is 32.7 Å². The lowest BCUT2D eigenvalue weighted by Gasteiger charge is -2.23. The van der Waals surface area contributed by atoms with Gasteiger partial charge in [-0.25, -0.2) is 0 Å². The highest BCUT2D eigenvalue weighted by atomic mass is 16.5. The van der Waals surface area contributed by atoms with Gasteiger partial charge in [-0.3, -0.25) is 4.79 Å². The van der Waals surface area contributed by atoms with Crippen LogP contribution in [0.4, 0.5) is 0 Å². The molecule has 100 valence electrons. The van der Waals surface area contributed by atoms with Gasteiger partial charge in [0.1, 0.15) is 0 Å². The number of hydrogen-bond acceptors (Lipinski definition) is 4. The second kappa shape index (κ2) is 8.44. The number of hydrogen-bond donors (Lipinski definition) is 1. The molecule has 1 rings (SSSR count). The normalized spacial score (nSPS) is 19.5. The van der Waals surface area contributed by atoms with E-state index in [9.17, 15) is 4.79 Å². The summed E-state index contributed by atoms with van der Waals surface area (Å²) < 4.78 is 10.2. The highest BCUT2D eigenvalue weighted by Crippen LogP contribution is 2.13. The summed E-state index contributed by atoms with van der Waals surface area (Å²) in [6.45, 7) is 6.97. The van der Waals surface area contributed by atoms with Gasteiger partial charge in [0.15, 0.2) is 0 Å². The highest BCUT2D eigenvalue weighted by Gasteiger charge is 2.20. The third-order valence-corrected chi connectivity index (χ3v) is 3.00. The van der Waals surface area contributed by atoms with E-state index in [2.05, 4.69) is 5.32 Å². The van der Waals surface area contributed by atoms with Gasteiger partial charge < -0.3 is 19.7 Å². The van der Waals surface area contributed by atoms with Crippen LogP contribution in [0.2, 0.25) is 0 Å². The van der Waals surface area contributed by atoms with E-state index in [4.69, 9.17) is 9.47 Å². The van der Waals surface area contributed by atoms with Crippen LogP contribution in [-0.2, 0) is 14.3 Å². The third kappa shape index (κ3) is 5.48. The molecule has 1 unspecified atom stereocenters. The Kier molecular flexibility index (Phi) is 7.16. The summed E-state index contributed by atoms with van der Waals surface area (Å²) in [5.74, 6) is 0.674. The van der Waals surface area contributed by atoms with Crippen molar-refractivity contribution in [3.8, 4) is 0 Å². The van der Waals surface area contributed by atoms with Crippen molar-refractivity contribution in [1.82, 2.24) is 10.2 Å². The molecule has 0 aromatic carbocycles. The molecule has 5 nitrogen and oxygen atoms in total. The summed E-state index contributed by atoms with van der Waals surface area (Å²) in [4.78, 5) is 13.8. The maximum absolute atomic E-state index is 11.9. The number of ether oxygens (including phenoxy) is 2. The molecular weight excluding hydrogens is 220 g/mol. The van der Waals surface area contributed by atoms with Crippen molar-refractivity contribution in [2.24, 2.45) is 5.92 Å². The largest absolute Gasteiger partial charge is 0.383 e. The van der Waals surface area contributed by atoms with Gasteiger partial charge in [-0.15, -0.1) is 0 Å². The first-order valence-electron chi connectivity index (χ1n) is 6.33. The van der Waals surface area contributed by atoms with E-state index in [1.165, 1.54) is 0 Å². The molecule has 0 aromatic heterocycles. The van der Waals surface area contributed by atoms with E-state index in [-0.39, 0.29) is 5.91 Å². The minimum absolute atomic E-state index is 0.163. The lowest BCUT2D eigenvalue weighted by atomic mass is 10.1. The molecule has 1 amide bonds. The Morgan fingerprint density at radius 1 is 1.59 bits per heavy atom. The van der Waals surface area contributed by atoms with Crippen LogP contribution >= 0.6 is 0 Å². The number of nitrogens with zero attached hydrogens (tertiary/aromatic N) is 1. The average molecular weight is 244 g/mol. The van der Waals surface area contributed by atoms with Crippen LogP contribution in [-0.4, -0.2) is 63.9 Å². The van der Waals surface area contributed by atoms with Crippen LogP contribution in [0.5, 0.6) is 0 Å². The maximum Gasteiger partial charge on any atom is 0.236 e. The SMILES string of the molecule is CCN(CC1CCOC1)C(=O)CNCCOC. The fourth-order valence-corrected chi connectivity index (χ4v) is 1.93. The minimum Gasteiger partial charge on any atom is -0.383 e. The minimum atomic E-state index is 0.163. The first kappa shape index (κ1) is 14.4. The van der Waals surface area contributed by atoms with Crippen molar-refractivity contribution in [3.63, 3.8) is 0 Å². The van der Waals surface area contributed by atoms with Crippen molar-refractivity contribution in [2.45, 2.75) is 13.3 Å². The molecule has 17 heavy (non-hydrogen) atoms. The predicted octanol–water partition coefficient (Wildman–Crippen LogP) is 0.107. The van der Waals surface area contributed by atoms with Gasteiger partial charge in [0.05, 0.1) is 19.8 Å². The Labute approximate surface area is 103 Å². The molecule has 0 saturated carbocycles. The molecule has 0 radical (unpaired) electrons. The van der Waals surface area contributed by atoms with Gasteiger partial charge in [-0.1, -0.05) is 0 Å². The molecular formula is C12H24N2O3. The van der Waals surface area contributed by atoms with Crippen molar-refractivity contribution in [1.29, 1.82) is 0 Å². The van der Waals surface area contributed by atoms with Crippen LogP contribution in [0.3, 0.4) is 0 Å². The first-order valence-corrected chi connectivity index (χ1v) is 6.33. The predicted molar refractivity (Wildman–Crippen MR) is 65.9 cm³/mol. The number of carbonyl (C=O) groups excluding carboxylic acids is 1. The molecule has 0 spiro atoms. The summed E-state index contributed by atoms with van der Waals surface area (Å²) in [6.07, 6.45) is 1.07. The third-order valence-electron chi connectivity index (χ3n) is 3.00. The van der Waals surface area contributed by atoms with E-state index in [0.29, 0.717) is 25.6 Å². The van der Waals surface area contributed by atoms with Gasteiger partial charge in [-0.05, 0) is 13.3 Å². The molecule has 1 N–H and O–H groups in total. The second-order valence-electron chi connectivity index (χ2n) is 4.33. The Bertz CT molecular complexity index is 218. The van der Waals surface area contributed by atoms with Gasteiger partial charge >= 0.3 is 0 Å². The fraction of sp³-hybridized carbons (Fsp3) is 0.917. The molecule has 1 heterocycles. The Morgan fingerprint density at radius 2 is 2.41 bits per heavy atom. The zero-order valence-electron chi connectivity index (χ0n) is 10.9. The van der Waals surface area contributed by atoms with Crippen LogP contribution < -0.4 is 5.32 Å². The summed E-state index contributed by atoms with van der Waals surface area (Å²) in [7, 11) is 1.65. The number of likely N-dealkylation sites (N-methyl/N-ethyl adjacent to an activating group) is 1. The summed E-state index contributed by atoms with van der Waals surface area (Å²) >= 11 is 0. The fourth-order valence-electron chi connectivity index (χ4n) is 1.93. The van der Waals surface area contributed by atoms with Gasteiger partial charge in [0, 0.05) is 39.3 Å². The van der Waals surface area contributed by atoms with E-state index in [1.807, 2.05) is 11.8 Å². The Hall–Kier alpha value is -0.650. The average Bonchev–Trinajstić information content (AvgIpc) is 2.84. The molecule has 0 aliphatic carbocycles. The molecule has 1 aliphatic rings. The first-order chi connectivity index (χ1) is 8.27. The van der Waals surface area contributed by atoms with E-state index in [1.54, 1.807) is 7.11 Å². The van der Waals surface area contributed by atoms with Gasteiger partial charge in [0.25, 0.3) is 0 Å².